The van der Waals surface area contributed by atoms with Crippen LogP contribution in [0.4, 0.5) is 4.39 Å². The number of rotatable bonds is 8. The number of hydrogen-bond donors (Lipinski definition) is 2. The SMILES string of the molecule is O=C1CCCN1CCOc1cc(F)c2c(c1)CCC2Cc1nc2nc(O[C@@H]3CO[C@H]4[C@@H]3OC[C@H]4O)[nH]c2cc1Cl. The summed E-state index contributed by atoms with van der Waals surface area (Å²) >= 11 is 6.60. The summed E-state index contributed by atoms with van der Waals surface area (Å²) < 4.78 is 38.3. The second kappa shape index (κ2) is 10.4. The third kappa shape index (κ3) is 4.78. The summed E-state index contributed by atoms with van der Waals surface area (Å²) in [5.74, 6) is 0.274. The molecule has 0 spiro atoms. The molecule has 2 N–H and O–H groups in total. The van der Waals surface area contributed by atoms with Crippen LogP contribution in [0.1, 0.15) is 42.0 Å². The first-order chi connectivity index (χ1) is 19.4. The number of ether oxygens (including phenoxy) is 4. The van der Waals surface area contributed by atoms with Gasteiger partial charge in [0.2, 0.25) is 5.91 Å². The lowest BCUT2D eigenvalue weighted by atomic mass is 9.95. The van der Waals surface area contributed by atoms with Crippen LogP contribution in [-0.4, -0.2) is 88.2 Å². The molecule has 3 aromatic rings. The molecular formula is C28H30ClFN4O6. The van der Waals surface area contributed by atoms with Crippen molar-refractivity contribution >= 4 is 28.7 Å². The predicted molar refractivity (Wildman–Crippen MR) is 141 cm³/mol. The molecule has 5 atom stereocenters. The molecule has 3 fully saturated rings. The largest absolute Gasteiger partial charge is 0.492 e. The fraction of sp³-hybridized carbons (Fsp3) is 0.536. The van der Waals surface area contributed by atoms with Gasteiger partial charge in [0.25, 0.3) is 6.01 Å². The van der Waals surface area contributed by atoms with Gasteiger partial charge in [-0.1, -0.05) is 11.6 Å². The molecule has 1 amide bonds. The fourth-order valence-corrected chi connectivity index (χ4v) is 6.57. The number of pyridine rings is 1. The summed E-state index contributed by atoms with van der Waals surface area (Å²) in [7, 11) is 0. The highest BCUT2D eigenvalue weighted by Crippen LogP contribution is 2.40. The highest BCUT2D eigenvalue weighted by atomic mass is 35.5. The van der Waals surface area contributed by atoms with E-state index in [2.05, 4.69) is 15.0 Å². The number of aromatic nitrogens is 3. The van der Waals surface area contributed by atoms with E-state index in [1.807, 2.05) is 6.07 Å². The zero-order valence-corrected chi connectivity index (χ0v) is 22.5. The number of aryl methyl sites for hydroxylation is 1. The summed E-state index contributed by atoms with van der Waals surface area (Å²) in [5, 5.41) is 10.4. The van der Waals surface area contributed by atoms with Crippen LogP contribution in [0.5, 0.6) is 11.8 Å². The maximum absolute atomic E-state index is 15.3. The van der Waals surface area contributed by atoms with Crippen LogP contribution in [0.2, 0.25) is 5.02 Å². The fourth-order valence-electron chi connectivity index (χ4n) is 6.34. The number of aliphatic hydroxyl groups is 1. The number of fused-ring (bicyclic) bond motifs is 3. The normalized spacial score (nSPS) is 27.5. The van der Waals surface area contributed by atoms with Gasteiger partial charge in [-0.2, -0.15) is 4.98 Å². The van der Waals surface area contributed by atoms with E-state index in [1.165, 1.54) is 6.07 Å². The lowest BCUT2D eigenvalue weighted by Crippen LogP contribution is -2.34. The minimum atomic E-state index is -0.659. The zero-order chi connectivity index (χ0) is 27.4. The van der Waals surface area contributed by atoms with E-state index in [1.54, 1.807) is 11.0 Å². The Morgan fingerprint density at radius 3 is 2.90 bits per heavy atom. The minimum Gasteiger partial charge on any atom is -0.492 e. The molecule has 3 saturated heterocycles. The predicted octanol–water partition coefficient (Wildman–Crippen LogP) is 2.93. The summed E-state index contributed by atoms with van der Waals surface area (Å²) in [6, 6.07) is 5.37. The van der Waals surface area contributed by atoms with E-state index >= 15 is 4.39 Å². The van der Waals surface area contributed by atoms with Crippen LogP contribution < -0.4 is 9.47 Å². The van der Waals surface area contributed by atoms with Crippen molar-refractivity contribution in [1.82, 2.24) is 19.9 Å². The number of imidazole rings is 1. The number of benzene rings is 1. The number of hydrogen-bond acceptors (Lipinski definition) is 8. The first-order valence-corrected chi connectivity index (χ1v) is 14.2. The minimum absolute atomic E-state index is 0.0677. The van der Waals surface area contributed by atoms with Crippen molar-refractivity contribution in [2.45, 2.75) is 62.4 Å². The van der Waals surface area contributed by atoms with Gasteiger partial charge >= 0.3 is 0 Å². The Morgan fingerprint density at radius 1 is 1.18 bits per heavy atom. The van der Waals surface area contributed by atoms with Crippen LogP contribution in [0.15, 0.2) is 18.2 Å². The van der Waals surface area contributed by atoms with Gasteiger partial charge < -0.3 is 33.9 Å². The lowest BCUT2D eigenvalue weighted by Gasteiger charge is -2.17. The first kappa shape index (κ1) is 25.9. The smallest absolute Gasteiger partial charge is 0.296 e. The summed E-state index contributed by atoms with van der Waals surface area (Å²) in [5.41, 5.74) is 3.34. The average molecular weight is 573 g/mol. The molecular weight excluding hydrogens is 543 g/mol. The molecule has 0 bridgehead atoms. The molecule has 1 aromatic carbocycles. The van der Waals surface area contributed by atoms with E-state index in [9.17, 15) is 9.90 Å². The number of H-pyrrole nitrogens is 1. The molecule has 7 rings (SSSR count). The van der Waals surface area contributed by atoms with Gasteiger partial charge in [-0.3, -0.25) is 4.79 Å². The van der Waals surface area contributed by atoms with E-state index in [-0.39, 0.29) is 36.4 Å². The first-order valence-electron chi connectivity index (χ1n) is 13.8. The summed E-state index contributed by atoms with van der Waals surface area (Å²) in [4.78, 5) is 25.8. The maximum atomic E-state index is 15.3. The number of aliphatic hydroxyl groups excluding tert-OH is 1. The molecule has 4 aliphatic rings. The second-order valence-corrected chi connectivity index (χ2v) is 11.3. The van der Waals surface area contributed by atoms with Crippen LogP contribution in [0.3, 0.4) is 0 Å². The van der Waals surface area contributed by atoms with Crippen molar-refractivity contribution in [3.8, 4) is 11.8 Å². The average Bonchev–Trinajstić information content (AvgIpc) is 3.74. The van der Waals surface area contributed by atoms with E-state index in [0.717, 1.165) is 31.4 Å². The zero-order valence-electron chi connectivity index (χ0n) is 21.8. The molecule has 3 aliphatic heterocycles. The number of aromatic amines is 1. The molecule has 2 aromatic heterocycles. The topological polar surface area (TPSA) is 119 Å². The third-order valence-corrected chi connectivity index (χ3v) is 8.65. The van der Waals surface area contributed by atoms with Crippen molar-refractivity contribution in [1.29, 1.82) is 0 Å². The van der Waals surface area contributed by atoms with E-state index < -0.39 is 18.3 Å². The van der Waals surface area contributed by atoms with Gasteiger partial charge in [0.1, 0.15) is 36.5 Å². The molecule has 5 heterocycles. The molecule has 40 heavy (non-hydrogen) atoms. The van der Waals surface area contributed by atoms with E-state index in [4.69, 9.17) is 30.5 Å². The number of carbonyl (C=O) groups excluding carboxylic acids is 1. The Morgan fingerprint density at radius 2 is 2.05 bits per heavy atom. The standard InChI is InChI=1S/C28H30ClFN4O6/c29-17-11-20-27(33-28(32-20)40-22-13-39-25-21(35)12-38-26(22)25)31-19(17)9-15-4-3-14-8-16(10-18(30)24(14)15)37-7-6-34-5-1-2-23(34)36/h8,10-11,15,21-22,25-26,35H,1-7,9,12-13H2,(H,31,32,33)/t15?,21-,22-,25-,26-/m1/s1. The highest BCUT2D eigenvalue weighted by molar-refractivity contribution is 6.31. The lowest BCUT2D eigenvalue weighted by molar-refractivity contribution is -0.128. The number of nitrogens with zero attached hydrogens (tertiary/aromatic N) is 3. The Hall–Kier alpha value is -2.99. The molecule has 10 nitrogen and oxygen atoms in total. The molecule has 1 unspecified atom stereocenters. The Balaban J connectivity index is 1.03. The van der Waals surface area contributed by atoms with Crippen LogP contribution >= 0.6 is 11.6 Å². The highest BCUT2D eigenvalue weighted by Gasteiger charge is 2.48. The van der Waals surface area contributed by atoms with Crippen molar-refractivity contribution in [3.05, 3.63) is 45.9 Å². The Bertz CT molecular complexity index is 1450. The van der Waals surface area contributed by atoms with E-state index in [0.29, 0.717) is 65.8 Å². The quantitative estimate of drug-likeness (QED) is 0.423. The van der Waals surface area contributed by atoms with Crippen molar-refractivity contribution in [2.24, 2.45) is 0 Å². The Kier molecular flexibility index (Phi) is 6.77. The Labute approximate surface area is 234 Å². The third-order valence-electron chi connectivity index (χ3n) is 8.32. The van der Waals surface area contributed by atoms with Crippen molar-refractivity contribution in [3.63, 3.8) is 0 Å². The number of carbonyl (C=O) groups is 1. The van der Waals surface area contributed by atoms with Crippen LogP contribution in [0, 0.1) is 5.82 Å². The molecule has 0 radical (unpaired) electrons. The second-order valence-electron chi connectivity index (χ2n) is 10.9. The van der Waals surface area contributed by atoms with Gasteiger partial charge in [0.05, 0.1) is 36.0 Å². The van der Waals surface area contributed by atoms with Gasteiger partial charge in [-0.05, 0) is 54.9 Å². The molecule has 1 aliphatic carbocycles. The van der Waals surface area contributed by atoms with Gasteiger partial charge in [0.15, 0.2) is 11.8 Å². The van der Waals surface area contributed by atoms with Gasteiger partial charge in [0, 0.05) is 19.0 Å². The van der Waals surface area contributed by atoms with Crippen molar-refractivity contribution in [2.75, 3.05) is 32.9 Å². The van der Waals surface area contributed by atoms with Crippen molar-refractivity contribution < 1.29 is 33.2 Å². The van der Waals surface area contributed by atoms with Crippen LogP contribution in [-0.2, 0) is 27.1 Å². The molecule has 0 saturated carbocycles. The molecule has 12 heteroatoms. The van der Waals surface area contributed by atoms with Gasteiger partial charge in [-0.25, -0.2) is 9.37 Å². The maximum Gasteiger partial charge on any atom is 0.296 e. The number of amides is 1. The monoisotopic (exact) mass is 572 g/mol. The molecule has 212 valence electrons. The summed E-state index contributed by atoms with van der Waals surface area (Å²) in [6.45, 7) is 2.12. The number of halogens is 2. The number of likely N-dealkylation sites (tertiary alicyclic amines) is 1. The summed E-state index contributed by atoms with van der Waals surface area (Å²) in [6.07, 6.45) is 1.66. The van der Waals surface area contributed by atoms with Crippen LogP contribution in [0.25, 0.3) is 11.2 Å². The number of nitrogens with one attached hydrogen (secondary N) is 1. The van der Waals surface area contributed by atoms with Gasteiger partial charge in [-0.15, -0.1) is 0 Å².